The van der Waals surface area contributed by atoms with Crippen LogP contribution in [0.3, 0.4) is 0 Å². The van der Waals surface area contributed by atoms with Crippen molar-refractivity contribution in [1.82, 2.24) is 14.3 Å². The van der Waals surface area contributed by atoms with Gasteiger partial charge in [0.15, 0.2) is 0 Å². The highest BCUT2D eigenvalue weighted by atomic mass is 35.5. The SMILES string of the molecule is Clc1nsc(-c2ccc3[nH]ccc3c2)n1. The average Bonchev–Trinajstić information content (AvgIpc) is 2.84. The van der Waals surface area contributed by atoms with Gasteiger partial charge >= 0.3 is 0 Å². The second-order valence-electron chi connectivity index (χ2n) is 3.15. The van der Waals surface area contributed by atoms with E-state index in [1.807, 2.05) is 24.4 Å². The summed E-state index contributed by atoms with van der Waals surface area (Å²) < 4.78 is 3.95. The Balaban J connectivity index is 2.18. The Labute approximate surface area is 94.9 Å². The van der Waals surface area contributed by atoms with E-state index in [1.165, 1.54) is 16.9 Å². The Morgan fingerprint density at radius 1 is 1.27 bits per heavy atom. The summed E-state index contributed by atoms with van der Waals surface area (Å²) in [5.41, 5.74) is 2.17. The lowest BCUT2D eigenvalue weighted by atomic mass is 10.2. The fourth-order valence-electron chi connectivity index (χ4n) is 1.51. The third-order valence-corrected chi connectivity index (χ3v) is 3.23. The van der Waals surface area contributed by atoms with E-state index in [0.29, 0.717) is 5.28 Å². The number of aromatic amines is 1. The van der Waals surface area contributed by atoms with Crippen molar-refractivity contribution in [2.75, 3.05) is 0 Å². The molecule has 0 saturated carbocycles. The van der Waals surface area contributed by atoms with Gasteiger partial charge in [-0.1, -0.05) is 0 Å². The van der Waals surface area contributed by atoms with Crippen LogP contribution in [-0.2, 0) is 0 Å². The van der Waals surface area contributed by atoms with Gasteiger partial charge in [0.1, 0.15) is 5.01 Å². The molecular formula is C10H6ClN3S. The van der Waals surface area contributed by atoms with E-state index in [1.54, 1.807) is 0 Å². The summed E-state index contributed by atoms with van der Waals surface area (Å²) in [5, 5.41) is 2.33. The molecule has 0 fully saturated rings. The fourth-order valence-corrected chi connectivity index (χ4v) is 2.31. The Kier molecular flexibility index (Phi) is 1.97. The molecule has 0 aliphatic carbocycles. The summed E-state index contributed by atoms with van der Waals surface area (Å²) in [6.45, 7) is 0. The van der Waals surface area contributed by atoms with Crippen LogP contribution >= 0.6 is 23.1 Å². The van der Waals surface area contributed by atoms with Gasteiger partial charge in [0.2, 0.25) is 5.28 Å². The number of halogens is 1. The van der Waals surface area contributed by atoms with Crippen LogP contribution in [-0.4, -0.2) is 14.3 Å². The van der Waals surface area contributed by atoms with E-state index in [4.69, 9.17) is 11.6 Å². The first-order valence-electron chi connectivity index (χ1n) is 4.40. The number of nitrogens with zero attached hydrogens (tertiary/aromatic N) is 2. The number of benzene rings is 1. The van der Waals surface area contributed by atoms with Crippen molar-refractivity contribution in [2.45, 2.75) is 0 Å². The summed E-state index contributed by atoms with van der Waals surface area (Å²) in [4.78, 5) is 7.28. The Morgan fingerprint density at radius 2 is 2.20 bits per heavy atom. The summed E-state index contributed by atoms with van der Waals surface area (Å²) in [7, 11) is 0. The van der Waals surface area contributed by atoms with Crippen molar-refractivity contribution >= 4 is 34.0 Å². The van der Waals surface area contributed by atoms with E-state index < -0.39 is 0 Å². The van der Waals surface area contributed by atoms with Gasteiger partial charge in [0.05, 0.1) is 0 Å². The van der Waals surface area contributed by atoms with Gasteiger partial charge in [0.25, 0.3) is 0 Å². The first-order chi connectivity index (χ1) is 7.33. The van der Waals surface area contributed by atoms with Crippen molar-refractivity contribution in [3.05, 3.63) is 35.7 Å². The van der Waals surface area contributed by atoms with Crippen LogP contribution in [0.5, 0.6) is 0 Å². The molecule has 3 nitrogen and oxygen atoms in total. The maximum Gasteiger partial charge on any atom is 0.234 e. The Hall–Kier alpha value is -1.39. The molecule has 0 radical (unpaired) electrons. The molecule has 15 heavy (non-hydrogen) atoms. The highest BCUT2D eigenvalue weighted by Crippen LogP contribution is 2.26. The van der Waals surface area contributed by atoms with Crippen LogP contribution < -0.4 is 0 Å². The summed E-state index contributed by atoms with van der Waals surface area (Å²) >= 11 is 7.00. The van der Waals surface area contributed by atoms with Gasteiger partial charge in [-0.25, -0.2) is 4.98 Å². The summed E-state index contributed by atoms with van der Waals surface area (Å²) in [6.07, 6.45) is 1.92. The normalized spacial score (nSPS) is 11.0. The third kappa shape index (κ3) is 1.52. The molecule has 0 amide bonds. The molecule has 5 heteroatoms. The smallest absolute Gasteiger partial charge is 0.234 e. The molecule has 1 N–H and O–H groups in total. The zero-order valence-corrected chi connectivity index (χ0v) is 9.14. The number of rotatable bonds is 1. The molecule has 0 saturated heterocycles. The summed E-state index contributed by atoms with van der Waals surface area (Å²) in [5.74, 6) is 0. The molecule has 0 spiro atoms. The molecule has 1 aromatic carbocycles. The minimum Gasteiger partial charge on any atom is -0.361 e. The molecule has 0 bridgehead atoms. The van der Waals surface area contributed by atoms with Crippen LogP contribution in [0, 0.1) is 0 Å². The van der Waals surface area contributed by atoms with Crippen LogP contribution in [0.25, 0.3) is 21.5 Å². The lowest BCUT2D eigenvalue weighted by Crippen LogP contribution is -1.75. The zero-order chi connectivity index (χ0) is 10.3. The number of aromatic nitrogens is 3. The standard InChI is InChI=1S/C10H6ClN3S/c11-10-13-9(15-14-10)7-1-2-8-6(5-7)3-4-12-8/h1-5,12H. The van der Waals surface area contributed by atoms with Gasteiger partial charge in [-0.15, -0.1) is 0 Å². The summed E-state index contributed by atoms with van der Waals surface area (Å²) in [6, 6.07) is 8.14. The second kappa shape index (κ2) is 3.32. The monoisotopic (exact) mass is 235 g/mol. The van der Waals surface area contributed by atoms with E-state index in [0.717, 1.165) is 16.1 Å². The van der Waals surface area contributed by atoms with Gasteiger partial charge in [-0.05, 0) is 47.4 Å². The van der Waals surface area contributed by atoms with Gasteiger partial charge < -0.3 is 4.98 Å². The lowest BCUT2D eigenvalue weighted by molar-refractivity contribution is 1.33. The number of fused-ring (bicyclic) bond motifs is 1. The van der Waals surface area contributed by atoms with Gasteiger partial charge in [-0.2, -0.15) is 4.37 Å². The highest BCUT2D eigenvalue weighted by molar-refractivity contribution is 7.09. The minimum atomic E-state index is 0.309. The van der Waals surface area contributed by atoms with E-state index in [2.05, 4.69) is 20.4 Å². The van der Waals surface area contributed by atoms with E-state index in [9.17, 15) is 0 Å². The fraction of sp³-hybridized carbons (Fsp3) is 0. The molecule has 0 aliphatic rings. The number of hydrogen-bond donors (Lipinski definition) is 1. The first-order valence-corrected chi connectivity index (χ1v) is 5.55. The molecular weight excluding hydrogens is 230 g/mol. The van der Waals surface area contributed by atoms with Crippen molar-refractivity contribution in [2.24, 2.45) is 0 Å². The Bertz CT molecular complexity index is 614. The van der Waals surface area contributed by atoms with Crippen molar-refractivity contribution in [1.29, 1.82) is 0 Å². The van der Waals surface area contributed by atoms with Crippen molar-refractivity contribution in [3.8, 4) is 10.6 Å². The highest BCUT2D eigenvalue weighted by Gasteiger charge is 2.05. The second-order valence-corrected chi connectivity index (χ2v) is 4.24. The quantitative estimate of drug-likeness (QED) is 0.703. The molecule has 3 rings (SSSR count). The predicted molar refractivity (Wildman–Crippen MR) is 62.2 cm³/mol. The number of hydrogen-bond acceptors (Lipinski definition) is 3. The topological polar surface area (TPSA) is 41.6 Å². The maximum atomic E-state index is 5.69. The molecule has 0 atom stereocenters. The Morgan fingerprint density at radius 3 is 3.00 bits per heavy atom. The third-order valence-electron chi connectivity index (χ3n) is 2.20. The lowest BCUT2D eigenvalue weighted by Gasteiger charge is -1.95. The molecule has 0 unspecified atom stereocenters. The maximum absolute atomic E-state index is 5.69. The molecule has 74 valence electrons. The van der Waals surface area contributed by atoms with Crippen molar-refractivity contribution < 1.29 is 0 Å². The molecule has 3 aromatic rings. The largest absolute Gasteiger partial charge is 0.361 e. The van der Waals surface area contributed by atoms with Crippen molar-refractivity contribution in [3.63, 3.8) is 0 Å². The number of nitrogens with one attached hydrogen (secondary N) is 1. The van der Waals surface area contributed by atoms with Gasteiger partial charge in [-0.3, -0.25) is 0 Å². The van der Waals surface area contributed by atoms with Crippen LogP contribution in [0.1, 0.15) is 0 Å². The predicted octanol–water partition coefficient (Wildman–Crippen LogP) is 3.34. The molecule has 2 aromatic heterocycles. The molecule has 0 aliphatic heterocycles. The van der Waals surface area contributed by atoms with E-state index >= 15 is 0 Å². The minimum absolute atomic E-state index is 0.309. The zero-order valence-electron chi connectivity index (χ0n) is 7.57. The molecule has 2 heterocycles. The van der Waals surface area contributed by atoms with Crippen LogP contribution in [0.4, 0.5) is 0 Å². The van der Waals surface area contributed by atoms with Crippen LogP contribution in [0.2, 0.25) is 5.28 Å². The van der Waals surface area contributed by atoms with Crippen LogP contribution in [0.15, 0.2) is 30.5 Å². The first kappa shape index (κ1) is 8.88. The van der Waals surface area contributed by atoms with E-state index in [-0.39, 0.29) is 0 Å². The average molecular weight is 236 g/mol. The number of H-pyrrole nitrogens is 1. The van der Waals surface area contributed by atoms with Gasteiger partial charge in [0, 0.05) is 22.7 Å².